The molecule has 1 aliphatic carbocycles. The second-order valence-electron chi connectivity index (χ2n) is 6.74. The average Bonchev–Trinajstić information content (AvgIpc) is 2.60. The maximum Gasteiger partial charge on any atom is 0.197 e. The summed E-state index contributed by atoms with van der Waals surface area (Å²) in [6, 6.07) is 8.86. The molecule has 6 heteroatoms. The molecule has 3 aliphatic rings. The first-order valence-electron chi connectivity index (χ1n) is 8.55. The first kappa shape index (κ1) is 16.4. The Kier molecular flexibility index (Phi) is 4.17. The van der Waals surface area contributed by atoms with E-state index < -0.39 is 9.84 Å². The Bertz CT molecular complexity index is 898. The van der Waals surface area contributed by atoms with Crippen molar-refractivity contribution in [2.24, 2.45) is 4.99 Å². The van der Waals surface area contributed by atoms with Crippen LogP contribution in [-0.2, 0) is 20.4 Å². The highest BCUT2D eigenvalue weighted by Gasteiger charge is 2.38. The van der Waals surface area contributed by atoms with Gasteiger partial charge in [0, 0.05) is 19.0 Å². The summed E-state index contributed by atoms with van der Waals surface area (Å²) in [6.07, 6.45) is 5.63. The summed E-state index contributed by atoms with van der Waals surface area (Å²) in [5, 5.41) is 3.66. The van der Waals surface area contributed by atoms with Gasteiger partial charge in [-0.05, 0) is 35.6 Å². The normalized spacial score (nSPS) is 26.1. The fraction of sp³-hybridized carbons (Fsp3) is 0.368. The van der Waals surface area contributed by atoms with Crippen molar-refractivity contribution < 1.29 is 13.2 Å². The molecular weight excluding hydrogens is 336 g/mol. The maximum atomic E-state index is 13.0. The van der Waals surface area contributed by atoms with Gasteiger partial charge in [0.05, 0.1) is 11.8 Å². The van der Waals surface area contributed by atoms with Gasteiger partial charge in [-0.15, -0.1) is 0 Å². The molecule has 4 rings (SSSR count). The minimum atomic E-state index is -3.50. The Morgan fingerprint density at radius 2 is 1.92 bits per heavy atom. The molecule has 1 N–H and O–H groups in total. The lowest BCUT2D eigenvalue weighted by Crippen LogP contribution is -2.52. The molecule has 0 saturated carbocycles. The number of carbonyl (C=O) groups excluding carboxylic acids is 1. The number of carbonyl (C=O) groups is 1. The van der Waals surface area contributed by atoms with Gasteiger partial charge >= 0.3 is 0 Å². The van der Waals surface area contributed by atoms with E-state index in [1.807, 2.05) is 36.4 Å². The molecule has 2 unspecified atom stereocenters. The molecule has 2 heterocycles. The number of allylic oxidation sites excluding steroid dienone is 1. The van der Waals surface area contributed by atoms with E-state index in [9.17, 15) is 13.2 Å². The Balaban J connectivity index is 1.65. The lowest BCUT2D eigenvalue weighted by molar-refractivity contribution is -0.115. The predicted molar refractivity (Wildman–Crippen MR) is 97.1 cm³/mol. The van der Waals surface area contributed by atoms with E-state index in [0.29, 0.717) is 19.4 Å². The van der Waals surface area contributed by atoms with Crippen LogP contribution in [0.1, 0.15) is 24.8 Å². The molecule has 2 atom stereocenters. The van der Waals surface area contributed by atoms with E-state index in [2.05, 4.69) is 10.3 Å². The van der Waals surface area contributed by atoms with Crippen LogP contribution in [-0.4, -0.2) is 37.9 Å². The summed E-state index contributed by atoms with van der Waals surface area (Å²) < 4.78 is 25.9. The van der Waals surface area contributed by atoms with Gasteiger partial charge in [-0.2, -0.15) is 0 Å². The van der Waals surface area contributed by atoms with E-state index in [1.54, 1.807) is 6.08 Å². The zero-order valence-corrected chi connectivity index (χ0v) is 14.6. The quantitative estimate of drug-likeness (QED) is 0.879. The predicted octanol–water partition coefficient (Wildman–Crippen LogP) is 1.96. The second-order valence-corrected chi connectivity index (χ2v) is 8.67. The maximum absolute atomic E-state index is 13.0. The van der Waals surface area contributed by atoms with E-state index in [0.717, 1.165) is 23.1 Å². The Morgan fingerprint density at radius 3 is 2.72 bits per heavy atom. The zero-order chi connectivity index (χ0) is 17.4. The highest BCUT2D eigenvalue weighted by Crippen LogP contribution is 2.30. The molecule has 0 aromatic heterocycles. The van der Waals surface area contributed by atoms with Crippen molar-refractivity contribution in [3.63, 3.8) is 0 Å². The number of rotatable bonds is 2. The minimum absolute atomic E-state index is 0.0293. The summed E-state index contributed by atoms with van der Waals surface area (Å²) >= 11 is 0. The minimum Gasteiger partial charge on any atom is -0.298 e. The van der Waals surface area contributed by atoms with Crippen LogP contribution in [0.25, 0.3) is 0 Å². The molecule has 2 aliphatic heterocycles. The Morgan fingerprint density at radius 1 is 1.12 bits per heavy atom. The molecule has 25 heavy (non-hydrogen) atoms. The largest absolute Gasteiger partial charge is 0.298 e. The number of ketones is 1. The van der Waals surface area contributed by atoms with Crippen LogP contribution < -0.4 is 5.32 Å². The second kappa shape index (κ2) is 6.35. The van der Waals surface area contributed by atoms with Crippen LogP contribution in [0.4, 0.5) is 0 Å². The third kappa shape index (κ3) is 3.24. The SMILES string of the molecule is O=C1C=C2C=C3CCN=C(S(=O)(=O)Cc4ccccc4)C3NC2CC1. The summed E-state index contributed by atoms with van der Waals surface area (Å²) in [7, 11) is -3.50. The summed E-state index contributed by atoms with van der Waals surface area (Å²) in [4.78, 5) is 16.0. The van der Waals surface area contributed by atoms with Crippen molar-refractivity contribution in [3.8, 4) is 0 Å². The van der Waals surface area contributed by atoms with Gasteiger partial charge in [-0.3, -0.25) is 15.1 Å². The molecule has 0 radical (unpaired) electrons. The van der Waals surface area contributed by atoms with Gasteiger partial charge in [0.15, 0.2) is 15.6 Å². The number of sulfone groups is 1. The fourth-order valence-corrected chi connectivity index (χ4v) is 5.36. The molecular formula is C19H20N2O3S. The fourth-order valence-electron chi connectivity index (χ4n) is 3.72. The smallest absolute Gasteiger partial charge is 0.197 e. The van der Waals surface area contributed by atoms with E-state index >= 15 is 0 Å². The van der Waals surface area contributed by atoms with Crippen LogP contribution in [0.5, 0.6) is 0 Å². The molecule has 0 fully saturated rings. The highest BCUT2D eigenvalue weighted by molar-refractivity contribution is 8.05. The van der Waals surface area contributed by atoms with Crippen molar-refractivity contribution >= 4 is 20.7 Å². The number of nitrogens with zero attached hydrogens (tertiary/aromatic N) is 1. The molecule has 1 aromatic carbocycles. The highest BCUT2D eigenvalue weighted by atomic mass is 32.2. The average molecular weight is 356 g/mol. The monoisotopic (exact) mass is 356 g/mol. The van der Waals surface area contributed by atoms with Crippen LogP contribution in [0.2, 0.25) is 0 Å². The van der Waals surface area contributed by atoms with Gasteiger partial charge in [0.1, 0.15) is 5.04 Å². The van der Waals surface area contributed by atoms with Gasteiger partial charge in [-0.1, -0.05) is 36.4 Å². The van der Waals surface area contributed by atoms with E-state index in [4.69, 9.17) is 0 Å². The number of hydrogen-bond acceptors (Lipinski definition) is 5. The third-order valence-electron chi connectivity index (χ3n) is 4.93. The van der Waals surface area contributed by atoms with Crippen molar-refractivity contribution in [1.29, 1.82) is 0 Å². The van der Waals surface area contributed by atoms with Crippen LogP contribution in [0.15, 0.2) is 58.6 Å². The number of benzene rings is 1. The van der Waals surface area contributed by atoms with Crippen LogP contribution in [0.3, 0.4) is 0 Å². The van der Waals surface area contributed by atoms with Crippen molar-refractivity contribution in [2.45, 2.75) is 37.1 Å². The topological polar surface area (TPSA) is 75.6 Å². The number of aliphatic imine (C=N–C) groups is 1. The molecule has 1 aromatic rings. The molecule has 0 bridgehead atoms. The molecule has 0 saturated heterocycles. The number of nitrogens with one attached hydrogen (secondary N) is 1. The lowest BCUT2D eigenvalue weighted by Gasteiger charge is -2.37. The molecule has 130 valence electrons. The number of hydrogen-bond donors (Lipinski definition) is 1. The standard InChI is InChI=1S/C19H20N2O3S/c22-16-6-7-17-15(11-16)10-14-8-9-20-19(18(14)21-17)25(23,24)12-13-4-2-1-3-5-13/h1-5,10-11,17-18,21H,6-9,12H2. The van der Waals surface area contributed by atoms with Gasteiger partial charge in [-0.25, -0.2) is 8.42 Å². The van der Waals surface area contributed by atoms with Gasteiger partial charge in [0.25, 0.3) is 0 Å². The van der Waals surface area contributed by atoms with Crippen LogP contribution in [0, 0.1) is 0 Å². The number of fused-ring (bicyclic) bond motifs is 2. The van der Waals surface area contributed by atoms with Crippen molar-refractivity contribution in [2.75, 3.05) is 6.54 Å². The summed E-state index contributed by atoms with van der Waals surface area (Å²) in [5.41, 5.74) is 2.75. The first-order valence-corrected chi connectivity index (χ1v) is 10.2. The molecule has 5 nitrogen and oxygen atoms in total. The van der Waals surface area contributed by atoms with Gasteiger partial charge in [0.2, 0.25) is 0 Å². The molecule has 0 amide bonds. The first-order chi connectivity index (χ1) is 12.0. The Hall–Kier alpha value is -2.05. The zero-order valence-electron chi connectivity index (χ0n) is 13.8. The molecule has 0 spiro atoms. The van der Waals surface area contributed by atoms with E-state index in [1.165, 1.54) is 0 Å². The Labute approximate surface area is 147 Å². The van der Waals surface area contributed by atoms with E-state index in [-0.39, 0.29) is 28.7 Å². The summed E-state index contributed by atoms with van der Waals surface area (Å²) in [6.45, 7) is 0.471. The lowest BCUT2D eigenvalue weighted by atomic mass is 9.85. The van der Waals surface area contributed by atoms with Crippen molar-refractivity contribution in [3.05, 3.63) is 59.2 Å². The van der Waals surface area contributed by atoms with Gasteiger partial charge < -0.3 is 0 Å². The van der Waals surface area contributed by atoms with Crippen LogP contribution >= 0.6 is 0 Å². The summed E-state index contributed by atoms with van der Waals surface area (Å²) in [5.74, 6) is 0.106. The third-order valence-corrected chi connectivity index (χ3v) is 6.65. The van der Waals surface area contributed by atoms with Crippen molar-refractivity contribution in [1.82, 2.24) is 5.32 Å².